The molecule has 1 atom stereocenters. The molecule has 1 aromatic carbocycles. The SMILES string of the molecule is Cc1ccc(C(C)NC(=O)c2cccnc2F)cc1. The third-order valence-electron chi connectivity index (χ3n) is 2.93. The second-order valence-electron chi connectivity index (χ2n) is 4.45. The number of carbonyl (C=O) groups is 1. The summed E-state index contributed by atoms with van der Waals surface area (Å²) in [7, 11) is 0. The number of halogens is 1. The molecule has 1 amide bonds. The van der Waals surface area contributed by atoms with Crippen LogP contribution in [0.2, 0.25) is 0 Å². The predicted octanol–water partition coefficient (Wildman–Crippen LogP) is 3.02. The average molecular weight is 258 g/mol. The molecule has 1 N–H and O–H groups in total. The van der Waals surface area contributed by atoms with Crippen molar-refractivity contribution >= 4 is 5.91 Å². The molecular weight excluding hydrogens is 243 g/mol. The molecular formula is C15H15FN2O. The molecule has 1 unspecified atom stereocenters. The van der Waals surface area contributed by atoms with Crippen molar-refractivity contribution in [2.24, 2.45) is 0 Å². The lowest BCUT2D eigenvalue weighted by atomic mass is 10.1. The molecule has 0 radical (unpaired) electrons. The van der Waals surface area contributed by atoms with E-state index in [1.54, 1.807) is 0 Å². The van der Waals surface area contributed by atoms with Crippen LogP contribution in [-0.2, 0) is 0 Å². The van der Waals surface area contributed by atoms with Gasteiger partial charge in [-0.15, -0.1) is 0 Å². The molecule has 0 bridgehead atoms. The van der Waals surface area contributed by atoms with Gasteiger partial charge >= 0.3 is 0 Å². The van der Waals surface area contributed by atoms with Crippen molar-refractivity contribution in [1.82, 2.24) is 10.3 Å². The van der Waals surface area contributed by atoms with E-state index in [0.717, 1.165) is 11.1 Å². The Bertz CT molecular complexity index is 581. The molecule has 0 aliphatic carbocycles. The average Bonchev–Trinajstić information content (AvgIpc) is 2.39. The number of pyridine rings is 1. The topological polar surface area (TPSA) is 42.0 Å². The maximum absolute atomic E-state index is 13.4. The van der Waals surface area contributed by atoms with Gasteiger partial charge in [0, 0.05) is 6.20 Å². The Morgan fingerprint density at radius 2 is 1.95 bits per heavy atom. The Kier molecular flexibility index (Phi) is 3.90. The van der Waals surface area contributed by atoms with Crippen molar-refractivity contribution in [3.8, 4) is 0 Å². The number of hydrogen-bond donors (Lipinski definition) is 1. The number of aryl methyl sites for hydroxylation is 1. The van der Waals surface area contributed by atoms with Crippen molar-refractivity contribution in [3.63, 3.8) is 0 Å². The zero-order valence-electron chi connectivity index (χ0n) is 10.9. The van der Waals surface area contributed by atoms with Crippen LogP contribution in [-0.4, -0.2) is 10.9 Å². The molecule has 3 nitrogen and oxygen atoms in total. The van der Waals surface area contributed by atoms with Crippen LogP contribution in [0.3, 0.4) is 0 Å². The molecule has 0 aliphatic rings. The van der Waals surface area contributed by atoms with Crippen molar-refractivity contribution in [1.29, 1.82) is 0 Å². The summed E-state index contributed by atoms with van der Waals surface area (Å²) in [6, 6.07) is 10.6. The standard InChI is InChI=1S/C15H15FN2O/c1-10-5-7-12(8-6-10)11(2)18-15(19)13-4-3-9-17-14(13)16/h3-9,11H,1-2H3,(H,18,19). The van der Waals surface area contributed by atoms with E-state index in [9.17, 15) is 9.18 Å². The molecule has 98 valence electrons. The van der Waals surface area contributed by atoms with Gasteiger partial charge in [0.1, 0.15) is 0 Å². The fraction of sp³-hybridized carbons (Fsp3) is 0.200. The van der Waals surface area contributed by atoms with Gasteiger partial charge in [0.15, 0.2) is 0 Å². The maximum atomic E-state index is 13.4. The first kappa shape index (κ1) is 13.2. The van der Waals surface area contributed by atoms with Gasteiger partial charge in [0.05, 0.1) is 11.6 Å². The molecule has 2 aromatic rings. The Morgan fingerprint density at radius 1 is 1.26 bits per heavy atom. The summed E-state index contributed by atoms with van der Waals surface area (Å²) >= 11 is 0. The number of rotatable bonds is 3. The summed E-state index contributed by atoms with van der Waals surface area (Å²) in [4.78, 5) is 15.4. The molecule has 0 saturated carbocycles. The van der Waals surface area contributed by atoms with E-state index < -0.39 is 11.9 Å². The van der Waals surface area contributed by atoms with E-state index in [4.69, 9.17) is 0 Å². The highest BCUT2D eigenvalue weighted by Crippen LogP contribution is 2.14. The van der Waals surface area contributed by atoms with Gasteiger partial charge in [-0.25, -0.2) is 4.98 Å². The third-order valence-corrected chi connectivity index (χ3v) is 2.93. The number of nitrogens with zero attached hydrogens (tertiary/aromatic N) is 1. The molecule has 2 rings (SSSR count). The van der Waals surface area contributed by atoms with E-state index >= 15 is 0 Å². The van der Waals surface area contributed by atoms with Gasteiger partial charge in [-0.05, 0) is 31.5 Å². The van der Waals surface area contributed by atoms with Crippen molar-refractivity contribution in [3.05, 3.63) is 65.2 Å². The van der Waals surface area contributed by atoms with Crippen LogP contribution in [0, 0.1) is 12.9 Å². The fourth-order valence-corrected chi connectivity index (χ4v) is 1.77. The van der Waals surface area contributed by atoms with Gasteiger partial charge in [0.25, 0.3) is 5.91 Å². The summed E-state index contributed by atoms with van der Waals surface area (Å²) in [6.07, 6.45) is 1.31. The Labute approximate surface area is 111 Å². The first-order valence-electron chi connectivity index (χ1n) is 6.06. The largest absolute Gasteiger partial charge is 0.345 e. The number of aromatic nitrogens is 1. The smallest absolute Gasteiger partial charge is 0.256 e. The Morgan fingerprint density at radius 3 is 2.58 bits per heavy atom. The third kappa shape index (κ3) is 3.16. The van der Waals surface area contributed by atoms with Crippen LogP contribution in [0.25, 0.3) is 0 Å². The highest BCUT2D eigenvalue weighted by atomic mass is 19.1. The summed E-state index contributed by atoms with van der Waals surface area (Å²) in [6.45, 7) is 3.86. The van der Waals surface area contributed by atoms with Gasteiger partial charge in [-0.2, -0.15) is 4.39 Å². The molecule has 4 heteroatoms. The predicted molar refractivity (Wildman–Crippen MR) is 71.3 cm³/mol. The van der Waals surface area contributed by atoms with Gasteiger partial charge in [0.2, 0.25) is 5.95 Å². The molecule has 0 fully saturated rings. The summed E-state index contributed by atoms with van der Waals surface area (Å²) in [5, 5.41) is 2.75. The lowest BCUT2D eigenvalue weighted by molar-refractivity contribution is 0.0935. The van der Waals surface area contributed by atoms with Crippen LogP contribution in [0.15, 0.2) is 42.6 Å². The van der Waals surface area contributed by atoms with Crippen LogP contribution < -0.4 is 5.32 Å². The number of nitrogens with one attached hydrogen (secondary N) is 1. The molecule has 0 saturated heterocycles. The molecule has 0 aliphatic heterocycles. The summed E-state index contributed by atoms with van der Waals surface area (Å²) < 4.78 is 13.4. The minimum Gasteiger partial charge on any atom is -0.345 e. The van der Waals surface area contributed by atoms with E-state index in [-0.39, 0.29) is 11.6 Å². The van der Waals surface area contributed by atoms with Crippen LogP contribution in [0.1, 0.15) is 34.5 Å². The van der Waals surface area contributed by atoms with E-state index in [1.165, 1.54) is 18.3 Å². The van der Waals surface area contributed by atoms with Crippen LogP contribution >= 0.6 is 0 Å². The second-order valence-corrected chi connectivity index (χ2v) is 4.45. The second kappa shape index (κ2) is 5.61. The lowest BCUT2D eigenvalue weighted by Gasteiger charge is -2.14. The normalized spacial score (nSPS) is 11.9. The number of hydrogen-bond acceptors (Lipinski definition) is 2. The quantitative estimate of drug-likeness (QED) is 0.860. The van der Waals surface area contributed by atoms with Crippen LogP contribution in [0.4, 0.5) is 4.39 Å². The van der Waals surface area contributed by atoms with Crippen LogP contribution in [0.5, 0.6) is 0 Å². The minimum absolute atomic E-state index is 0.0403. The van der Waals surface area contributed by atoms with Gasteiger partial charge in [-0.3, -0.25) is 4.79 Å². The van der Waals surface area contributed by atoms with Crippen molar-refractivity contribution in [2.75, 3.05) is 0 Å². The molecule has 1 heterocycles. The summed E-state index contributed by atoms with van der Waals surface area (Å²) in [5.74, 6) is -1.21. The van der Waals surface area contributed by atoms with E-state index in [0.29, 0.717) is 0 Å². The Balaban J connectivity index is 2.11. The molecule has 19 heavy (non-hydrogen) atoms. The van der Waals surface area contributed by atoms with Gasteiger partial charge < -0.3 is 5.32 Å². The zero-order valence-corrected chi connectivity index (χ0v) is 10.9. The van der Waals surface area contributed by atoms with Crippen molar-refractivity contribution in [2.45, 2.75) is 19.9 Å². The summed E-state index contributed by atoms with van der Waals surface area (Å²) in [5.41, 5.74) is 2.09. The number of carbonyl (C=O) groups excluding carboxylic acids is 1. The number of benzene rings is 1. The Hall–Kier alpha value is -2.23. The van der Waals surface area contributed by atoms with E-state index in [2.05, 4.69) is 10.3 Å². The first-order valence-corrected chi connectivity index (χ1v) is 6.06. The monoisotopic (exact) mass is 258 g/mol. The zero-order chi connectivity index (χ0) is 13.8. The lowest BCUT2D eigenvalue weighted by Crippen LogP contribution is -2.27. The number of amides is 1. The molecule has 0 spiro atoms. The maximum Gasteiger partial charge on any atom is 0.256 e. The highest BCUT2D eigenvalue weighted by molar-refractivity contribution is 5.94. The molecule has 1 aromatic heterocycles. The van der Waals surface area contributed by atoms with E-state index in [1.807, 2.05) is 38.1 Å². The first-order chi connectivity index (χ1) is 9.08. The van der Waals surface area contributed by atoms with Crippen molar-refractivity contribution < 1.29 is 9.18 Å². The van der Waals surface area contributed by atoms with Gasteiger partial charge in [-0.1, -0.05) is 29.8 Å². The fourth-order valence-electron chi connectivity index (χ4n) is 1.77. The minimum atomic E-state index is -0.754. The highest BCUT2D eigenvalue weighted by Gasteiger charge is 2.15.